The lowest BCUT2D eigenvalue weighted by Crippen LogP contribution is -2.17. The standard InChI is InChI=1S/C16H15F3N2O3/c1-24-15-7-6-13(21(22)23)8-12(15)10-20-9-11-4-2-3-5-14(11)16(17,18)19/h2-8,20H,9-10H2,1H3. The molecule has 0 spiro atoms. The number of alkyl halides is 3. The van der Waals surface area contributed by atoms with Gasteiger partial charge in [-0.05, 0) is 17.7 Å². The summed E-state index contributed by atoms with van der Waals surface area (Å²) >= 11 is 0. The molecule has 0 saturated heterocycles. The number of hydrogen-bond donors (Lipinski definition) is 1. The second kappa shape index (κ2) is 7.31. The van der Waals surface area contributed by atoms with Gasteiger partial charge in [-0.15, -0.1) is 0 Å². The summed E-state index contributed by atoms with van der Waals surface area (Å²) in [5, 5.41) is 13.7. The monoisotopic (exact) mass is 340 g/mol. The first-order valence-electron chi connectivity index (χ1n) is 7.00. The molecule has 0 aromatic heterocycles. The van der Waals surface area contributed by atoms with Crippen molar-refractivity contribution in [1.82, 2.24) is 5.32 Å². The van der Waals surface area contributed by atoms with Crippen molar-refractivity contribution in [3.05, 3.63) is 69.3 Å². The first-order chi connectivity index (χ1) is 11.3. The van der Waals surface area contributed by atoms with Gasteiger partial charge in [0.05, 0.1) is 17.6 Å². The summed E-state index contributed by atoms with van der Waals surface area (Å²) < 4.78 is 43.9. The molecular formula is C16H15F3N2O3. The molecule has 8 heteroatoms. The number of non-ortho nitro benzene ring substituents is 1. The van der Waals surface area contributed by atoms with Gasteiger partial charge in [0.1, 0.15) is 5.75 Å². The molecule has 0 radical (unpaired) electrons. The highest BCUT2D eigenvalue weighted by Crippen LogP contribution is 2.32. The molecule has 2 aromatic rings. The summed E-state index contributed by atoms with van der Waals surface area (Å²) in [7, 11) is 1.42. The highest BCUT2D eigenvalue weighted by atomic mass is 19.4. The van der Waals surface area contributed by atoms with Gasteiger partial charge in [0.2, 0.25) is 0 Å². The number of ether oxygens (including phenoxy) is 1. The Morgan fingerprint density at radius 1 is 1.12 bits per heavy atom. The van der Waals surface area contributed by atoms with E-state index in [-0.39, 0.29) is 24.3 Å². The van der Waals surface area contributed by atoms with Crippen LogP contribution in [-0.2, 0) is 19.3 Å². The van der Waals surface area contributed by atoms with Crippen LogP contribution in [0.15, 0.2) is 42.5 Å². The first kappa shape index (κ1) is 17.7. The third-order valence-corrected chi connectivity index (χ3v) is 3.43. The van der Waals surface area contributed by atoms with Gasteiger partial charge in [0.15, 0.2) is 0 Å². The molecule has 24 heavy (non-hydrogen) atoms. The van der Waals surface area contributed by atoms with Gasteiger partial charge in [0.25, 0.3) is 5.69 Å². The van der Waals surface area contributed by atoms with Crippen molar-refractivity contribution in [2.45, 2.75) is 19.3 Å². The summed E-state index contributed by atoms with van der Waals surface area (Å²) in [6, 6.07) is 9.36. The van der Waals surface area contributed by atoms with Crippen molar-refractivity contribution in [2.24, 2.45) is 0 Å². The molecule has 2 rings (SSSR count). The van der Waals surface area contributed by atoms with Crippen molar-refractivity contribution < 1.29 is 22.8 Å². The van der Waals surface area contributed by atoms with Crippen LogP contribution in [0.2, 0.25) is 0 Å². The third kappa shape index (κ3) is 4.23. The lowest BCUT2D eigenvalue weighted by atomic mass is 10.1. The SMILES string of the molecule is COc1ccc([N+](=O)[O-])cc1CNCc1ccccc1C(F)(F)F. The van der Waals surface area contributed by atoms with E-state index in [4.69, 9.17) is 4.74 Å². The van der Waals surface area contributed by atoms with Crippen LogP contribution in [0.25, 0.3) is 0 Å². The molecule has 0 saturated carbocycles. The zero-order chi connectivity index (χ0) is 17.7. The van der Waals surface area contributed by atoms with E-state index < -0.39 is 16.7 Å². The highest BCUT2D eigenvalue weighted by molar-refractivity contribution is 5.43. The highest BCUT2D eigenvalue weighted by Gasteiger charge is 2.32. The number of rotatable bonds is 6. The fourth-order valence-corrected chi connectivity index (χ4v) is 2.30. The molecule has 0 aliphatic carbocycles. The molecule has 0 amide bonds. The smallest absolute Gasteiger partial charge is 0.416 e. The van der Waals surface area contributed by atoms with Crippen LogP contribution in [0.5, 0.6) is 5.75 Å². The molecule has 0 heterocycles. The maximum atomic E-state index is 12.9. The Bertz CT molecular complexity index is 733. The summed E-state index contributed by atoms with van der Waals surface area (Å²) in [6.45, 7) is 0.110. The van der Waals surface area contributed by atoms with Gasteiger partial charge in [0, 0.05) is 30.8 Å². The second-order valence-electron chi connectivity index (χ2n) is 5.01. The van der Waals surface area contributed by atoms with E-state index in [1.165, 1.54) is 43.5 Å². The van der Waals surface area contributed by atoms with E-state index in [1.807, 2.05) is 0 Å². The number of nitro benzene ring substituents is 1. The van der Waals surface area contributed by atoms with Crippen LogP contribution in [0.4, 0.5) is 18.9 Å². The number of benzene rings is 2. The van der Waals surface area contributed by atoms with E-state index in [0.29, 0.717) is 11.3 Å². The molecule has 0 unspecified atom stereocenters. The molecule has 5 nitrogen and oxygen atoms in total. The van der Waals surface area contributed by atoms with E-state index in [0.717, 1.165) is 6.07 Å². The normalized spacial score (nSPS) is 11.3. The van der Waals surface area contributed by atoms with Gasteiger partial charge in [-0.1, -0.05) is 18.2 Å². The average Bonchev–Trinajstić information content (AvgIpc) is 2.54. The van der Waals surface area contributed by atoms with Crippen LogP contribution >= 0.6 is 0 Å². The summed E-state index contributed by atoms with van der Waals surface area (Å²) in [4.78, 5) is 10.3. The zero-order valence-electron chi connectivity index (χ0n) is 12.8. The van der Waals surface area contributed by atoms with Gasteiger partial charge < -0.3 is 10.1 Å². The van der Waals surface area contributed by atoms with E-state index >= 15 is 0 Å². The minimum absolute atomic E-state index is 0.0263. The topological polar surface area (TPSA) is 64.4 Å². The predicted octanol–water partition coefficient (Wildman–Crippen LogP) is 3.91. The maximum absolute atomic E-state index is 12.9. The van der Waals surface area contributed by atoms with E-state index in [9.17, 15) is 23.3 Å². The zero-order valence-corrected chi connectivity index (χ0v) is 12.8. The second-order valence-corrected chi connectivity index (χ2v) is 5.01. The summed E-state index contributed by atoms with van der Waals surface area (Å²) in [5.74, 6) is 0.428. The van der Waals surface area contributed by atoms with Crippen molar-refractivity contribution in [3.8, 4) is 5.75 Å². The molecule has 0 aliphatic heterocycles. The number of methoxy groups -OCH3 is 1. The van der Waals surface area contributed by atoms with Crippen molar-refractivity contribution >= 4 is 5.69 Å². The van der Waals surface area contributed by atoms with E-state index in [1.54, 1.807) is 0 Å². The molecule has 0 atom stereocenters. The van der Waals surface area contributed by atoms with Crippen molar-refractivity contribution in [2.75, 3.05) is 7.11 Å². The van der Waals surface area contributed by atoms with Gasteiger partial charge >= 0.3 is 6.18 Å². The Balaban J connectivity index is 2.13. The van der Waals surface area contributed by atoms with Crippen LogP contribution < -0.4 is 10.1 Å². The minimum Gasteiger partial charge on any atom is -0.496 e. The molecule has 2 aromatic carbocycles. The van der Waals surface area contributed by atoms with E-state index in [2.05, 4.69) is 5.32 Å². The van der Waals surface area contributed by atoms with Gasteiger partial charge in [-0.2, -0.15) is 13.2 Å². The van der Waals surface area contributed by atoms with Crippen LogP contribution in [-0.4, -0.2) is 12.0 Å². The lowest BCUT2D eigenvalue weighted by molar-refractivity contribution is -0.384. The molecule has 0 aliphatic rings. The fourth-order valence-electron chi connectivity index (χ4n) is 2.30. The number of nitrogens with one attached hydrogen (secondary N) is 1. The number of nitro groups is 1. The fraction of sp³-hybridized carbons (Fsp3) is 0.250. The first-order valence-corrected chi connectivity index (χ1v) is 7.00. The quantitative estimate of drug-likeness (QED) is 0.640. The summed E-state index contributed by atoms with van der Waals surface area (Å²) in [5.41, 5.74) is -0.211. The lowest BCUT2D eigenvalue weighted by Gasteiger charge is -2.14. The van der Waals surface area contributed by atoms with Gasteiger partial charge in [-0.3, -0.25) is 10.1 Å². The number of halogens is 3. The largest absolute Gasteiger partial charge is 0.496 e. The maximum Gasteiger partial charge on any atom is 0.416 e. The number of hydrogen-bond acceptors (Lipinski definition) is 4. The van der Waals surface area contributed by atoms with Crippen LogP contribution in [0, 0.1) is 10.1 Å². The van der Waals surface area contributed by atoms with Crippen LogP contribution in [0.3, 0.4) is 0 Å². The van der Waals surface area contributed by atoms with Crippen molar-refractivity contribution in [1.29, 1.82) is 0 Å². The summed E-state index contributed by atoms with van der Waals surface area (Å²) in [6.07, 6.45) is -4.43. The van der Waals surface area contributed by atoms with Crippen LogP contribution in [0.1, 0.15) is 16.7 Å². The Morgan fingerprint density at radius 2 is 1.79 bits per heavy atom. The Hall–Kier alpha value is -2.61. The Labute approximate surface area is 136 Å². The minimum atomic E-state index is -4.43. The third-order valence-electron chi connectivity index (χ3n) is 3.43. The average molecular weight is 340 g/mol. The molecule has 0 bridgehead atoms. The Morgan fingerprint density at radius 3 is 2.42 bits per heavy atom. The number of nitrogens with zero attached hydrogens (tertiary/aromatic N) is 1. The molecule has 0 fully saturated rings. The van der Waals surface area contributed by atoms with Crippen molar-refractivity contribution in [3.63, 3.8) is 0 Å². The molecule has 1 N–H and O–H groups in total. The molecular weight excluding hydrogens is 325 g/mol. The van der Waals surface area contributed by atoms with Gasteiger partial charge in [-0.25, -0.2) is 0 Å². The predicted molar refractivity (Wildman–Crippen MR) is 81.6 cm³/mol. The Kier molecular flexibility index (Phi) is 5.40. The molecule has 128 valence electrons.